The van der Waals surface area contributed by atoms with Gasteiger partial charge in [0.15, 0.2) is 0 Å². The van der Waals surface area contributed by atoms with Gasteiger partial charge >= 0.3 is 6.18 Å². The topological polar surface area (TPSA) is 45.1 Å². The monoisotopic (exact) mass is 302 g/mol. The third kappa shape index (κ3) is 4.41. The van der Waals surface area contributed by atoms with Gasteiger partial charge in [-0.3, -0.25) is 4.98 Å². The summed E-state index contributed by atoms with van der Waals surface area (Å²) < 4.78 is 38.7. The lowest BCUT2D eigenvalue weighted by molar-refractivity contribution is -0.138. The molecule has 1 heterocycles. The lowest BCUT2D eigenvalue weighted by Crippen LogP contribution is -2.37. The second-order valence-electron chi connectivity index (χ2n) is 5.56. The number of hydrogen-bond acceptors (Lipinski definition) is 3. The highest BCUT2D eigenvalue weighted by Crippen LogP contribution is 2.31. The molecule has 1 aliphatic carbocycles. The van der Waals surface area contributed by atoms with Gasteiger partial charge in [-0.05, 0) is 30.9 Å². The van der Waals surface area contributed by atoms with Crippen molar-refractivity contribution in [2.75, 3.05) is 6.61 Å². The highest BCUT2D eigenvalue weighted by Gasteiger charge is 2.34. The molecular weight excluding hydrogens is 281 g/mol. The van der Waals surface area contributed by atoms with Crippen LogP contribution in [0.5, 0.6) is 0 Å². The van der Waals surface area contributed by atoms with Crippen molar-refractivity contribution in [2.24, 2.45) is 5.92 Å². The van der Waals surface area contributed by atoms with Gasteiger partial charge in [0.05, 0.1) is 11.3 Å². The van der Waals surface area contributed by atoms with E-state index in [9.17, 15) is 18.3 Å². The van der Waals surface area contributed by atoms with Gasteiger partial charge in [0.2, 0.25) is 0 Å². The van der Waals surface area contributed by atoms with E-state index in [1.54, 1.807) is 0 Å². The number of hydrogen-bond donors (Lipinski definition) is 2. The molecule has 0 radical (unpaired) electrons. The number of aliphatic hydroxyl groups is 1. The molecule has 2 atom stereocenters. The van der Waals surface area contributed by atoms with Gasteiger partial charge in [-0.25, -0.2) is 0 Å². The Hall–Kier alpha value is -1.14. The van der Waals surface area contributed by atoms with Crippen LogP contribution in [0.4, 0.5) is 13.2 Å². The highest BCUT2D eigenvalue weighted by molar-refractivity contribution is 5.22. The van der Waals surface area contributed by atoms with E-state index in [4.69, 9.17) is 0 Å². The Kier molecular flexibility index (Phi) is 5.58. The lowest BCUT2D eigenvalue weighted by Gasteiger charge is -2.25. The summed E-state index contributed by atoms with van der Waals surface area (Å²) in [7, 11) is 0. The number of halogens is 3. The van der Waals surface area contributed by atoms with Crippen LogP contribution in [0, 0.1) is 5.92 Å². The number of aliphatic hydroxyl groups excluding tert-OH is 1. The molecule has 6 heteroatoms. The fourth-order valence-corrected chi connectivity index (χ4v) is 2.94. The predicted molar refractivity (Wildman–Crippen MR) is 73.5 cm³/mol. The predicted octanol–water partition coefficient (Wildman–Crippen LogP) is 3.13. The second-order valence-corrected chi connectivity index (χ2v) is 5.56. The quantitative estimate of drug-likeness (QED) is 0.840. The van der Waals surface area contributed by atoms with Gasteiger partial charge in [0.1, 0.15) is 0 Å². The van der Waals surface area contributed by atoms with E-state index < -0.39 is 11.7 Å². The molecular formula is C15H21F3N2O. The molecule has 0 bridgehead atoms. The molecule has 2 unspecified atom stereocenters. The molecule has 0 saturated heterocycles. The summed E-state index contributed by atoms with van der Waals surface area (Å²) in [6.45, 7) is 0.156. The van der Waals surface area contributed by atoms with Gasteiger partial charge in [-0.15, -0.1) is 0 Å². The molecule has 0 aliphatic heterocycles. The van der Waals surface area contributed by atoms with Crippen LogP contribution >= 0.6 is 0 Å². The lowest BCUT2D eigenvalue weighted by atomic mass is 9.95. The van der Waals surface area contributed by atoms with Crippen LogP contribution in [0.25, 0.3) is 0 Å². The van der Waals surface area contributed by atoms with E-state index >= 15 is 0 Å². The summed E-state index contributed by atoms with van der Waals surface area (Å²) >= 11 is 0. The Balaban J connectivity index is 2.05. The SMILES string of the molecule is OCC1CCCCCC1NCc1ncccc1C(F)(F)F. The number of rotatable bonds is 4. The Morgan fingerprint density at radius 3 is 2.71 bits per heavy atom. The molecule has 118 valence electrons. The zero-order valence-electron chi connectivity index (χ0n) is 11.9. The number of nitrogens with one attached hydrogen (secondary N) is 1. The summed E-state index contributed by atoms with van der Waals surface area (Å²) in [4.78, 5) is 3.86. The molecule has 0 amide bonds. The first-order valence-corrected chi connectivity index (χ1v) is 7.37. The third-order valence-corrected chi connectivity index (χ3v) is 4.12. The molecule has 1 aromatic rings. The fourth-order valence-electron chi connectivity index (χ4n) is 2.94. The molecule has 1 fully saturated rings. The Morgan fingerprint density at radius 2 is 2.00 bits per heavy atom. The van der Waals surface area contributed by atoms with Crippen LogP contribution in [-0.2, 0) is 12.7 Å². The van der Waals surface area contributed by atoms with E-state index in [1.807, 2.05) is 0 Å². The molecule has 1 aromatic heterocycles. The Labute approximate surface area is 122 Å². The number of alkyl halides is 3. The van der Waals surface area contributed by atoms with Crippen molar-refractivity contribution < 1.29 is 18.3 Å². The van der Waals surface area contributed by atoms with Crippen LogP contribution in [0.1, 0.15) is 43.4 Å². The Bertz CT molecular complexity index is 451. The summed E-state index contributed by atoms with van der Waals surface area (Å²) in [6, 6.07) is 2.41. The molecule has 1 saturated carbocycles. The van der Waals surface area contributed by atoms with E-state index in [1.165, 1.54) is 12.3 Å². The summed E-state index contributed by atoms with van der Waals surface area (Å²) in [6.07, 6.45) is 2.03. The molecule has 2 N–H and O–H groups in total. The van der Waals surface area contributed by atoms with Crippen molar-refractivity contribution in [1.29, 1.82) is 0 Å². The van der Waals surface area contributed by atoms with Gasteiger partial charge < -0.3 is 10.4 Å². The zero-order valence-corrected chi connectivity index (χ0v) is 11.9. The Morgan fingerprint density at radius 1 is 1.24 bits per heavy atom. The number of nitrogens with zero attached hydrogens (tertiary/aromatic N) is 1. The average molecular weight is 302 g/mol. The van der Waals surface area contributed by atoms with Crippen molar-refractivity contribution in [3.8, 4) is 0 Å². The third-order valence-electron chi connectivity index (χ3n) is 4.12. The highest BCUT2D eigenvalue weighted by atomic mass is 19.4. The molecule has 3 nitrogen and oxygen atoms in total. The van der Waals surface area contributed by atoms with E-state index in [0.29, 0.717) is 0 Å². The van der Waals surface area contributed by atoms with Crippen molar-refractivity contribution in [3.63, 3.8) is 0 Å². The molecule has 0 aromatic carbocycles. The van der Waals surface area contributed by atoms with E-state index in [-0.39, 0.29) is 30.8 Å². The fraction of sp³-hybridized carbons (Fsp3) is 0.667. The molecule has 1 aliphatic rings. The largest absolute Gasteiger partial charge is 0.418 e. The minimum atomic E-state index is -4.38. The van der Waals surface area contributed by atoms with Crippen LogP contribution in [0.2, 0.25) is 0 Å². The van der Waals surface area contributed by atoms with Crippen molar-refractivity contribution in [2.45, 2.75) is 50.9 Å². The minimum absolute atomic E-state index is 0.0194. The summed E-state index contributed by atoms with van der Waals surface area (Å²) in [5.74, 6) is 0.116. The summed E-state index contributed by atoms with van der Waals surface area (Å²) in [5, 5.41) is 12.6. The minimum Gasteiger partial charge on any atom is -0.396 e. The first-order valence-electron chi connectivity index (χ1n) is 7.37. The van der Waals surface area contributed by atoms with Gasteiger partial charge in [-0.1, -0.05) is 19.3 Å². The maximum Gasteiger partial charge on any atom is 0.418 e. The zero-order chi connectivity index (χ0) is 15.3. The van der Waals surface area contributed by atoms with E-state index in [0.717, 1.165) is 38.2 Å². The van der Waals surface area contributed by atoms with Crippen LogP contribution in [0.3, 0.4) is 0 Å². The van der Waals surface area contributed by atoms with Crippen molar-refractivity contribution in [1.82, 2.24) is 10.3 Å². The van der Waals surface area contributed by atoms with Gasteiger partial charge in [-0.2, -0.15) is 13.2 Å². The van der Waals surface area contributed by atoms with Crippen LogP contribution < -0.4 is 5.32 Å². The number of aromatic nitrogens is 1. The van der Waals surface area contributed by atoms with Crippen LogP contribution in [0.15, 0.2) is 18.3 Å². The molecule has 0 spiro atoms. The van der Waals surface area contributed by atoms with Gasteiger partial charge in [0.25, 0.3) is 0 Å². The van der Waals surface area contributed by atoms with Crippen LogP contribution in [-0.4, -0.2) is 22.7 Å². The standard InChI is InChI=1S/C15H21F3N2O/c16-15(17,18)12-6-4-8-19-14(12)9-20-13-7-3-1-2-5-11(13)10-21/h4,6,8,11,13,20-21H,1-3,5,7,9-10H2. The maximum atomic E-state index is 12.9. The molecule has 2 rings (SSSR count). The normalized spacial score (nSPS) is 23.8. The first-order chi connectivity index (χ1) is 10.0. The van der Waals surface area contributed by atoms with Crippen molar-refractivity contribution in [3.05, 3.63) is 29.6 Å². The second kappa shape index (κ2) is 7.22. The van der Waals surface area contributed by atoms with Crippen molar-refractivity contribution >= 4 is 0 Å². The van der Waals surface area contributed by atoms with E-state index in [2.05, 4.69) is 10.3 Å². The average Bonchev–Trinajstić information content (AvgIpc) is 2.69. The molecule has 21 heavy (non-hydrogen) atoms. The number of pyridine rings is 1. The maximum absolute atomic E-state index is 12.9. The first kappa shape index (κ1) is 16.2. The smallest absolute Gasteiger partial charge is 0.396 e. The summed E-state index contributed by atoms with van der Waals surface area (Å²) in [5.41, 5.74) is -0.669. The van der Waals surface area contributed by atoms with Gasteiger partial charge in [0, 0.05) is 25.4 Å².